The van der Waals surface area contributed by atoms with Gasteiger partial charge in [-0.25, -0.2) is 4.39 Å². The van der Waals surface area contributed by atoms with Crippen LogP contribution in [0.4, 0.5) is 4.39 Å². The van der Waals surface area contributed by atoms with E-state index < -0.39 is 17.1 Å². The standard InChI is InChI=1S/CH3FO2S.Li/c2-1-5(3)4;/h1H2,(H,3,4);/q;+1/p-1. The average molecular weight is 104 g/mol. The van der Waals surface area contributed by atoms with E-state index in [0.29, 0.717) is 0 Å². The summed E-state index contributed by atoms with van der Waals surface area (Å²) in [6, 6.07) is -1.28. The molecule has 0 aliphatic rings. The molecule has 0 amide bonds. The SMILES string of the molecule is O=S([O-])CF.[Li+]. The Morgan fingerprint density at radius 1 is 1.83 bits per heavy atom. The van der Waals surface area contributed by atoms with E-state index >= 15 is 0 Å². The summed E-state index contributed by atoms with van der Waals surface area (Å²) in [4.78, 5) is 0. The summed E-state index contributed by atoms with van der Waals surface area (Å²) in [6.45, 7) is 0. The molecule has 0 N–H and O–H groups in total. The van der Waals surface area contributed by atoms with Gasteiger partial charge in [-0.2, -0.15) is 0 Å². The van der Waals surface area contributed by atoms with Gasteiger partial charge in [0.1, 0.15) is 0 Å². The minimum Gasteiger partial charge on any atom is -0.770 e. The van der Waals surface area contributed by atoms with Crippen molar-refractivity contribution in [2.24, 2.45) is 0 Å². The van der Waals surface area contributed by atoms with Gasteiger partial charge >= 0.3 is 18.9 Å². The first-order chi connectivity index (χ1) is 2.27. The van der Waals surface area contributed by atoms with Gasteiger partial charge in [-0.05, 0) is 11.1 Å². The Labute approximate surface area is 49.6 Å². The van der Waals surface area contributed by atoms with Crippen LogP contribution in [0.3, 0.4) is 0 Å². The zero-order valence-electron chi connectivity index (χ0n) is 3.31. The van der Waals surface area contributed by atoms with Crippen molar-refractivity contribution >= 4 is 11.1 Å². The first kappa shape index (κ1) is 9.81. The van der Waals surface area contributed by atoms with Crippen molar-refractivity contribution in [3.05, 3.63) is 0 Å². The van der Waals surface area contributed by atoms with Gasteiger partial charge < -0.3 is 4.55 Å². The molecule has 0 heterocycles. The molecule has 0 bridgehead atoms. The smallest absolute Gasteiger partial charge is 0.770 e. The maximum atomic E-state index is 10.5. The van der Waals surface area contributed by atoms with Crippen molar-refractivity contribution in [3.8, 4) is 0 Å². The van der Waals surface area contributed by atoms with E-state index in [0.717, 1.165) is 0 Å². The van der Waals surface area contributed by atoms with Crippen LogP contribution in [0.15, 0.2) is 0 Å². The molecule has 1 unspecified atom stereocenters. The molecule has 2 nitrogen and oxygen atoms in total. The topological polar surface area (TPSA) is 40.1 Å². The van der Waals surface area contributed by atoms with Gasteiger partial charge in [-0.3, -0.25) is 4.21 Å². The number of rotatable bonds is 1. The first-order valence-electron chi connectivity index (χ1n) is 0.889. The number of alkyl halides is 1. The van der Waals surface area contributed by atoms with Gasteiger partial charge in [-0.1, -0.05) is 0 Å². The minimum atomic E-state index is -2.49. The Morgan fingerprint density at radius 2 is 2.00 bits per heavy atom. The van der Waals surface area contributed by atoms with Crippen LogP contribution in [0.1, 0.15) is 0 Å². The minimum absolute atomic E-state index is 0. The summed E-state index contributed by atoms with van der Waals surface area (Å²) >= 11 is -2.49. The monoisotopic (exact) mass is 104 g/mol. The van der Waals surface area contributed by atoms with Gasteiger partial charge in [0.25, 0.3) is 0 Å². The predicted molar refractivity (Wildman–Crippen MR) is 14.9 cm³/mol. The summed E-state index contributed by atoms with van der Waals surface area (Å²) in [7, 11) is 0. The maximum Gasteiger partial charge on any atom is 1.00 e. The Kier molecular flexibility index (Phi) is 9.22. The fourth-order valence-corrected chi connectivity index (χ4v) is 0. The molecule has 0 rings (SSSR count). The van der Waals surface area contributed by atoms with Crippen LogP contribution < -0.4 is 18.9 Å². The van der Waals surface area contributed by atoms with E-state index in [-0.39, 0.29) is 18.9 Å². The predicted octanol–water partition coefficient (Wildman–Crippen LogP) is -3.20. The Morgan fingerprint density at radius 3 is 2.00 bits per heavy atom. The molecule has 1 atom stereocenters. The summed E-state index contributed by atoms with van der Waals surface area (Å²) in [5.74, 6) is 0. The number of hydrogen-bond acceptors (Lipinski definition) is 2. The summed E-state index contributed by atoms with van der Waals surface area (Å²) < 4.78 is 28.5. The van der Waals surface area contributed by atoms with Crippen LogP contribution in [0.2, 0.25) is 0 Å². The molecule has 0 saturated heterocycles. The summed E-state index contributed by atoms with van der Waals surface area (Å²) in [5.41, 5.74) is 0. The third-order valence-electron chi connectivity index (χ3n) is 0.0891. The molecular weight excluding hydrogens is 102 g/mol. The van der Waals surface area contributed by atoms with Crippen LogP contribution in [0, 0.1) is 0 Å². The molecule has 6 heavy (non-hydrogen) atoms. The second-order valence-corrected chi connectivity index (χ2v) is 1.24. The second kappa shape index (κ2) is 5.64. The van der Waals surface area contributed by atoms with Gasteiger partial charge in [-0.15, -0.1) is 0 Å². The van der Waals surface area contributed by atoms with Crippen molar-refractivity contribution in [2.45, 2.75) is 0 Å². The third kappa shape index (κ3) is 8.82. The molecule has 0 saturated carbocycles. The molecule has 0 aliphatic heterocycles. The van der Waals surface area contributed by atoms with Crippen LogP contribution in [0.25, 0.3) is 0 Å². The summed E-state index contributed by atoms with van der Waals surface area (Å²) in [5, 5.41) is 0. The van der Waals surface area contributed by atoms with Gasteiger partial charge in [0.15, 0.2) is 6.01 Å². The van der Waals surface area contributed by atoms with Crippen molar-refractivity contribution in [1.82, 2.24) is 0 Å². The van der Waals surface area contributed by atoms with Crippen LogP contribution in [-0.2, 0) is 11.1 Å². The molecule has 0 aliphatic carbocycles. The zero-order valence-corrected chi connectivity index (χ0v) is 4.13. The van der Waals surface area contributed by atoms with E-state index in [1.165, 1.54) is 0 Å². The Hall–Kier alpha value is 0.637. The fourth-order valence-electron chi connectivity index (χ4n) is 0. The molecular formula is CH2FLiO2S. The molecule has 5 heteroatoms. The molecule has 32 valence electrons. The van der Waals surface area contributed by atoms with Crippen molar-refractivity contribution in [1.29, 1.82) is 0 Å². The zero-order chi connectivity index (χ0) is 4.28. The molecule has 0 radical (unpaired) electrons. The van der Waals surface area contributed by atoms with Gasteiger partial charge in [0.05, 0.1) is 0 Å². The van der Waals surface area contributed by atoms with Gasteiger partial charge in [0.2, 0.25) is 0 Å². The van der Waals surface area contributed by atoms with Crippen molar-refractivity contribution < 1.29 is 32.0 Å². The third-order valence-corrected chi connectivity index (χ3v) is 0.267. The Bertz CT molecular complexity index is 48.8. The summed E-state index contributed by atoms with van der Waals surface area (Å²) in [6.07, 6.45) is 0. The van der Waals surface area contributed by atoms with Gasteiger partial charge in [0, 0.05) is 0 Å². The molecule has 0 aromatic rings. The largest absolute Gasteiger partial charge is 1.00 e. The number of hydrogen-bond donors (Lipinski definition) is 0. The molecule has 0 fully saturated rings. The molecule has 0 aromatic carbocycles. The van der Waals surface area contributed by atoms with Crippen LogP contribution in [-0.4, -0.2) is 14.8 Å². The van der Waals surface area contributed by atoms with Crippen molar-refractivity contribution in [2.75, 3.05) is 6.01 Å². The number of halogens is 1. The van der Waals surface area contributed by atoms with Crippen LogP contribution >= 0.6 is 0 Å². The fraction of sp³-hybridized carbons (Fsp3) is 1.00. The van der Waals surface area contributed by atoms with E-state index in [9.17, 15) is 4.39 Å². The van der Waals surface area contributed by atoms with E-state index in [1.54, 1.807) is 0 Å². The van der Waals surface area contributed by atoms with E-state index in [4.69, 9.17) is 8.76 Å². The quantitative estimate of drug-likeness (QED) is 0.259. The first-order valence-corrected chi connectivity index (χ1v) is 2.13. The molecule has 0 spiro atoms. The Balaban J connectivity index is 0. The van der Waals surface area contributed by atoms with Crippen LogP contribution in [0.5, 0.6) is 0 Å². The van der Waals surface area contributed by atoms with E-state index in [2.05, 4.69) is 0 Å². The average Bonchev–Trinajstić information content (AvgIpc) is 1.38. The normalized spacial score (nSPS) is 12.3. The van der Waals surface area contributed by atoms with Crippen molar-refractivity contribution in [3.63, 3.8) is 0 Å². The molecule has 0 aromatic heterocycles. The maximum absolute atomic E-state index is 10.5. The second-order valence-electron chi connectivity index (χ2n) is 0.413. The van der Waals surface area contributed by atoms with E-state index in [1.807, 2.05) is 0 Å².